The van der Waals surface area contributed by atoms with Crippen molar-refractivity contribution in [2.75, 3.05) is 11.9 Å². The molecular formula is C16H13BrN2O4. The van der Waals surface area contributed by atoms with Crippen LogP contribution in [-0.4, -0.2) is 24.4 Å². The Morgan fingerprint density at radius 2 is 1.61 bits per heavy atom. The van der Waals surface area contributed by atoms with Crippen LogP contribution in [0.2, 0.25) is 0 Å². The number of benzene rings is 2. The Kier molecular flexibility index (Phi) is 5.48. The number of amides is 2. The van der Waals surface area contributed by atoms with Crippen LogP contribution in [0.15, 0.2) is 53.0 Å². The van der Waals surface area contributed by atoms with Crippen molar-refractivity contribution in [3.63, 3.8) is 0 Å². The van der Waals surface area contributed by atoms with Crippen LogP contribution in [0.5, 0.6) is 0 Å². The number of carbonyl (C=O) groups excluding carboxylic acids is 3. The summed E-state index contributed by atoms with van der Waals surface area (Å²) in [4.78, 5) is 35.0. The van der Waals surface area contributed by atoms with E-state index in [0.717, 1.165) is 0 Å². The van der Waals surface area contributed by atoms with Gasteiger partial charge in [-0.1, -0.05) is 24.3 Å². The topological polar surface area (TPSA) is 98.5 Å². The Bertz CT molecular complexity index is 761. The third-order valence-corrected chi connectivity index (χ3v) is 3.55. The maximum absolute atomic E-state index is 12.3. The molecule has 0 bridgehead atoms. The quantitative estimate of drug-likeness (QED) is 0.782. The van der Waals surface area contributed by atoms with Crippen molar-refractivity contribution in [2.45, 2.75) is 0 Å². The molecule has 6 nitrogen and oxygen atoms in total. The van der Waals surface area contributed by atoms with Crippen LogP contribution >= 0.6 is 15.9 Å². The van der Waals surface area contributed by atoms with Gasteiger partial charge in [0.1, 0.15) is 0 Å². The van der Waals surface area contributed by atoms with Crippen molar-refractivity contribution in [1.82, 2.24) is 0 Å². The lowest BCUT2D eigenvalue weighted by atomic mass is 10.1. The van der Waals surface area contributed by atoms with Gasteiger partial charge in [0.25, 0.3) is 11.8 Å². The van der Waals surface area contributed by atoms with E-state index in [-0.39, 0.29) is 17.2 Å². The number of hydrogen-bond acceptors (Lipinski definition) is 4. The number of carbonyl (C=O) groups is 3. The lowest BCUT2D eigenvalue weighted by Crippen LogP contribution is -2.22. The van der Waals surface area contributed by atoms with Gasteiger partial charge in [-0.05, 0) is 40.2 Å². The highest BCUT2D eigenvalue weighted by atomic mass is 79.9. The second kappa shape index (κ2) is 7.55. The molecule has 0 heterocycles. The van der Waals surface area contributed by atoms with Crippen LogP contribution in [0.1, 0.15) is 20.7 Å². The molecule has 0 spiro atoms. The zero-order valence-corrected chi connectivity index (χ0v) is 13.5. The van der Waals surface area contributed by atoms with E-state index in [9.17, 15) is 14.4 Å². The summed E-state index contributed by atoms with van der Waals surface area (Å²) < 4.78 is 5.40. The van der Waals surface area contributed by atoms with Crippen LogP contribution in [0.3, 0.4) is 0 Å². The summed E-state index contributed by atoms with van der Waals surface area (Å²) in [6, 6.07) is 13.2. The number of rotatable bonds is 5. The van der Waals surface area contributed by atoms with Gasteiger partial charge in [0.2, 0.25) is 0 Å². The zero-order chi connectivity index (χ0) is 16.8. The minimum absolute atomic E-state index is 0.133. The fourth-order valence-corrected chi connectivity index (χ4v) is 2.28. The smallest absolute Gasteiger partial charge is 0.340 e. The number of esters is 1. The normalized spacial score (nSPS) is 9.96. The minimum atomic E-state index is -0.756. The number of nitrogens with two attached hydrogens (primary N) is 1. The molecule has 7 heteroatoms. The van der Waals surface area contributed by atoms with Gasteiger partial charge in [-0.15, -0.1) is 0 Å². The first-order valence-corrected chi connectivity index (χ1v) is 7.38. The molecular weight excluding hydrogens is 364 g/mol. The van der Waals surface area contributed by atoms with Crippen LogP contribution in [-0.2, 0) is 9.53 Å². The zero-order valence-electron chi connectivity index (χ0n) is 11.9. The molecule has 2 aromatic carbocycles. The van der Waals surface area contributed by atoms with Gasteiger partial charge in [-0.3, -0.25) is 9.59 Å². The highest BCUT2D eigenvalue weighted by Crippen LogP contribution is 2.20. The van der Waals surface area contributed by atoms with Gasteiger partial charge in [-0.2, -0.15) is 0 Å². The maximum Gasteiger partial charge on any atom is 0.340 e. The van der Waals surface area contributed by atoms with Crippen molar-refractivity contribution in [1.29, 1.82) is 0 Å². The predicted molar refractivity (Wildman–Crippen MR) is 88.0 cm³/mol. The summed E-state index contributed by atoms with van der Waals surface area (Å²) >= 11 is 3.29. The fraction of sp³-hybridized carbons (Fsp3) is 0.0625. The average molecular weight is 377 g/mol. The van der Waals surface area contributed by atoms with Gasteiger partial charge in [0.05, 0.1) is 16.8 Å². The first-order chi connectivity index (χ1) is 11.0. The molecule has 0 unspecified atom stereocenters. The van der Waals surface area contributed by atoms with E-state index in [2.05, 4.69) is 21.2 Å². The van der Waals surface area contributed by atoms with E-state index >= 15 is 0 Å². The number of hydrogen-bond donors (Lipinski definition) is 2. The molecule has 3 N–H and O–H groups in total. The van der Waals surface area contributed by atoms with E-state index in [4.69, 9.17) is 10.5 Å². The Hall–Kier alpha value is -2.67. The SMILES string of the molecule is NC(=O)COC(=O)c1ccccc1NC(=O)c1ccccc1Br. The van der Waals surface area contributed by atoms with Crippen molar-refractivity contribution in [2.24, 2.45) is 5.73 Å². The molecule has 0 atom stereocenters. The molecule has 0 aliphatic heterocycles. The highest BCUT2D eigenvalue weighted by molar-refractivity contribution is 9.10. The molecule has 0 aliphatic rings. The highest BCUT2D eigenvalue weighted by Gasteiger charge is 2.16. The van der Waals surface area contributed by atoms with E-state index < -0.39 is 18.5 Å². The van der Waals surface area contributed by atoms with Crippen molar-refractivity contribution in [3.05, 3.63) is 64.1 Å². The molecule has 2 rings (SSSR count). The van der Waals surface area contributed by atoms with Crippen molar-refractivity contribution >= 4 is 39.4 Å². The summed E-state index contributed by atoms with van der Waals surface area (Å²) in [5.41, 5.74) is 5.78. The van der Waals surface area contributed by atoms with E-state index in [1.165, 1.54) is 6.07 Å². The first kappa shape index (κ1) is 16.7. The number of halogens is 1. The van der Waals surface area contributed by atoms with Crippen LogP contribution in [0, 0.1) is 0 Å². The van der Waals surface area contributed by atoms with Gasteiger partial charge >= 0.3 is 5.97 Å². The van der Waals surface area contributed by atoms with Crippen molar-refractivity contribution < 1.29 is 19.1 Å². The third kappa shape index (κ3) is 4.40. The summed E-state index contributed by atoms with van der Waals surface area (Å²) in [5, 5.41) is 2.65. The van der Waals surface area contributed by atoms with E-state index in [1.807, 2.05) is 0 Å². The fourth-order valence-electron chi connectivity index (χ4n) is 1.82. The summed E-state index contributed by atoms with van der Waals surface area (Å²) in [6.07, 6.45) is 0. The number of para-hydroxylation sites is 1. The second-order valence-corrected chi connectivity index (χ2v) is 5.38. The Morgan fingerprint density at radius 1 is 1.00 bits per heavy atom. The second-order valence-electron chi connectivity index (χ2n) is 4.52. The standard InChI is InChI=1S/C16H13BrN2O4/c17-12-7-3-1-5-10(12)15(21)19-13-8-4-2-6-11(13)16(22)23-9-14(18)20/h1-8H,9H2,(H2,18,20)(H,19,21). The summed E-state index contributed by atoms with van der Waals surface area (Å²) in [7, 11) is 0. The van der Waals surface area contributed by atoms with Crippen LogP contribution in [0.4, 0.5) is 5.69 Å². The number of primary amides is 1. The van der Waals surface area contributed by atoms with E-state index in [0.29, 0.717) is 10.0 Å². The number of ether oxygens (including phenoxy) is 1. The van der Waals surface area contributed by atoms with Crippen LogP contribution < -0.4 is 11.1 Å². The third-order valence-electron chi connectivity index (χ3n) is 2.86. The van der Waals surface area contributed by atoms with E-state index in [1.54, 1.807) is 42.5 Å². The summed E-state index contributed by atoms with van der Waals surface area (Å²) in [5.74, 6) is -1.88. The molecule has 0 aromatic heterocycles. The number of anilines is 1. The largest absolute Gasteiger partial charge is 0.452 e. The average Bonchev–Trinajstić information content (AvgIpc) is 2.53. The minimum Gasteiger partial charge on any atom is -0.452 e. The predicted octanol–water partition coefficient (Wildman–Crippen LogP) is 2.34. The summed E-state index contributed by atoms with van der Waals surface area (Å²) in [6.45, 7) is -0.522. The van der Waals surface area contributed by atoms with Crippen molar-refractivity contribution in [3.8, 4) is 0 Å². The molecule has 0 saturated carbocycles. The maximum atomic E-state index is 12.3. The lowest BCUT2D eigenvalue weighted by molar-refractivity contribution is -0.121. The van der Waals surface area contributed by atoms with Gasteiger partial charge in [-0.25, -0.2) is 4.79 Å². The Balaban J connectivity index is 2.20. The monoisotopic (exact) mass is 376 g/mol. The Morgan fingerprint density at radius 3 is 2.26 bits per heavy atom. The first-order valence-electron chi connectivity index (χ1n) is 6.59. The molecule has 2 aromatic rings. The Labute approximate surface area is 140 Å². The van der Waals surface area contributed by atoms with Gasteiger partial charge < -0.3 is 15.8 Å². The molecule has 0 radical (unpaired) electrons. The molecule has 0 fully saturated rings. The lowest BCUT2D eigenvalue weighted by Gasteiger charge is -2.11. The molecule has 0 saturated heterocycles. The van der Waals surface area contributed by atoms with Crippen LogP contribution in [0.25, 0.3) is 0 Å². The number of nitrogens with one attached hydrogen (secondary N) is 1. The van der Waals surface area contributed by atoms with Gasteiger partial charge in [0.15, 0.2) is 6.61 Å². The van der Waals surface area contributed by atoms with Gasteiger partial charge in [0, 0.05) is 4.47 Å². The molecule has 118 valence electrons. The molecule has 2 amide bonds. The molecule has 23 heavy (non-hydrogen) atoms. The molecule has 0 aliphatic carbocycles.